The fourth-order valence-corrected chi connectivity index (χ4v) is 2.90. The van der Waals surface area contributed by atoms with Crippen molar-refractivity contribution in [1.82, 2.24) is 15.3 Å². The molecule has 1 aromatic carbocycles. The third kappa shape index (κ3) is 3.07. The van der Waals surface area contributed by atoms with Gasteiger partial charge in [-0.05, 0) is 18.1 Å². The van der Waals surface area contributed by atoms with E-state index >= 15 is 0 Å². The highest BCUT2D eigenvalue weighted by molar-refractivity contribution is 6.42. The number of hydrogen-bond donors (Lipinski definition) is 1. The number of nitrogens with zero attached hydrogens (tertiary/aromatic N) is 3. The molecular weight excluding hydrogens is 307 g/mol. The average Bonchev–Trinajstić information content (AvgIpc) is 2.48. The zero-order valence-corrected chi connectivity index (χ0v) is 13.6. The molecule has 0 aliphatic carbocycles. The largest absolute Gasteiger partial charge is 0.352 e. The smallest absolute Gasteiger partial charge is 0.147 e. The summed E-state index contributed by atoms with van der Waals surface area (Å²) < 4.78 is 0. The van der Waals surface area contributed by atoms with Crippen LogP contribution in [0.1, 0.15) is 13.8 Å². The molecule has 1 aliphatic heterocycles. The topological polar surface area (TPSA) is 41.1 Å². The monoisotopic (exact) mass is 324 g/mol. The van der Waals surface area contributed by atoms with Crippen LogP contribution in [0, 0.1) is 5.92 Å². The Bertz CT molecular complexity index is 659. The third-order valence-electron chi connectivity index (χ3n) is 3.91. The lowest BCUT2D eigenvalue weighted by atomic mass is 10.0. The van der Waals surface area contributed by atoms with Crippen molar-refractivity contribution >= 4 is 40.1 Å². The number of fused-ring (bicyclic) bond motifs is 1. The molecule has 4 nitrogen and oxygen atoms in total. The molecule has 0 saturated carbocycles. The highest BCUT2D eigenvalue weighted by atomic mass is 35.5. The summed E-state index contributed by atoms with van der Waals surface area (Å²) >= 11 is 12.1. The van der Waals surface area contributed by atoms with E-state index in [0.717, 1.165) is 36.5 Å². The molecule has 0 bridgehead atoms. The van der Waals surface area contributed by atoms with Crippen molar-refractivity contribution in [3.63, 3.8) is 0 Å². The standard InChI is InChI=1S/C15H18Cl2N4/c1-9(2)14-8-21(4-3-18-14)15-7-19-12-5-10(16)11(17)6-13(12)20-15/h5-7,9,14,18H,3-4,8H2,1-2H3/t14-/m1/s1. The van der Waals surface area contributed by atoms with Gasteiger partial charge in [-0.25, -0.2) is 4.98 Å². The van der Waals surface area contributed by atoms with E-state index in [4.69, 9.17) is 23.2 Å². The van der Waals surface area contributed by atoms with Crippen molar-refractivity contribution in [1.29, 1.82) is 0 Å². The number of piperazine rings is 1. The Kier molecular flexibility index (Phi) is 4.20. The van der Waals surface area contributed by atoms with E-state index in [1.165, 1.54) is 0 Å². The summed E-state index contributed by atoms with van der Waals surface area (Å²) in [6, 6.07) is 4.01. The number of aromatic nitrogens is 2. The van der Waals surface area contributed by atoms with Crippen LogP contribution in [0.4, 0.5) is 5.82 Å². The highest BCUT2D eigenvalue weighted by Gasteiger charge is 2.23. The van der Waals surface area contributed by atoms with E-state index in [0.29, 0.717) is 22.0 Å². The minimum Gasteiger partial charge on any atom is -0.352 e. The Morgan fingerprint density at radius 2 is 1.95 bits per heavy atom. The lowest BCUT2D eigenvalue weighted by molar-refractivity contribution is 0.367. The average molecular weight is 325 g/mol. The van der Waals surface area contributed by atoms with Gasteiger partial charge in [0.15, 0.2) is 0 Å². The first-order chi connectivity index (χ1) is 10.0. The van der Waals surface area contributed by atoms with Gasteiger partial charge >= 0.3 is 0 Å². The second kappa shape index (κ2) is 5.95. The third-order valence-corrected chi connectivity index (χ3v) is 4.63. The van der Waals surface area contributed by atoms with Crippen LogP contribution in [0.2, 0.25) is 10.0 Å². The molecule has 2 aromatic rings. The second-order valence-electron chi connectivity index (χ2n) is 5.73. The molecule has 3 rings (SSSR count). The van der Waals surface area contributed by atoms with E-state index < -0.39 is 0 Å². The molecule has 1 aliphatic rings. The molecule has 1 fully saturated rings. The first-order valence-electron chi connectivity index (χ1n) is 7.14. The summed E-state index contributed by atoms with van der Waals surface area (Å²) in [5.41, 5.74) is 1.55. The van der Waals surface area contributed by atoms with Crippen LogP contribution in [0.15, 0.2) is 18.3 Å². The normalized spacial score (nSPS) is 19.5. The Balaban J connectivity index is 1.91. The molecule has 1 saturated heterocycles. The fourth-order valence-electron chi connectivity index (χ4n) is 2.58. The predicted octanol–water partition coefficient (Wildman–Crippen LogP) is 3.37. The Hall–Kier alpha value is -1.10. The first-order valence-corrected chi connectivity index (χ1v) is 7.90. The van der Waals surface area contributed by atoms with E-state index in [-0.39, 0.29) is 0 Å². The van der Waals surface area contributed by atoms with Crippen molar-refractivity contribution in [3.8, 4) is 0 Å². The van der Waals surface area contributed by atoms with Gasteiger partial charge in [0.1, 0.15) is 5.82 Å². The van der Waals surface area contributed by atoms with E-state index in [9.17, 15) is 0 Å². The molecule has 112 valence electrons. The molecule has 0 spiro atoms. The fraction of sp³-hybridized carbons (Fsp3) is 0.467. The van der Waals surface area contributed by atoms with Crippen LogP contribution < -0.4 is 10.2 Å². The van der Waals surface area contributed by atoms with Gasteiger partial charge in [0.2, 0.25) is 0 Å². The SMILES string of the molecule is CC(C)[C@H]1CN(c2cnc3cc(Cl)c(Cl)cc3n2)CCN1. The number of anilines is 1. The summed E-state index contributed by atoms with van der Waals surface area (Å²) in [5.74, 6) is 1.49. The summed E-state index contributed by atoms with van der Waals surface area (Å²) in [7, 11) is 0. The van der Waals surface area contributed by atoms with Crippen molar-refractivity contribution in [2.24, 2.45) is 5.92 Å². The molecule has 1 aromatic heterocycles. The van der Waals surface area contributed by atoms with E-state index in [1.807, 2.05) is 6.20 Å². The summed E-state index contributed by atoms with van der Waals surface area (Å²) in [4.78, 5) is 11.4. The van der Waals surface area contributed by atoms with E-state index in [2.05, 4.69) is 34.0 Å². The van der Waals surface area contributed by atoms with Crippen molar-refractivity contribution in [3.05, 3.63) is 28.4 Å². The van der Waals surface area contributed by atoms with Crippen molar-refractivity contribution < 1.29 is 0 Å². The lowest BCUT2D eigenvalue weighted by Gasteiger charge is -2.36. The number of rotatable bonds is 2. The summed E-state index contributed by atoms with van der Waals surface area (Å²) in [6.07, 6.45) is 1.81. The number of benzene rings is 1. The molecule has 21 heavy (non-hydrogen) atoms. The van der Waals surface area contributed by atoms with Gasteiger partial charge < -0.3 is 10.2 Å². The van der Waals surface area contributed by atoms with E-state index in [1.54, 1.807) is 12.1 Å². The highest BCUT2D eigenvalue weighted by Crippen LogP contribution is 2.27. The van der Waals surface area contributed by atoms with Gasteiger partial charge in [-0.2, -0.15) is 0 Å². The van der Waals surface area contributed by atoms with Crippen LogP contribution in [-0.4, -0.2) is 35.6 Å². The molecule has 6 heteroatoms. The van der Waals surface area contributed by atoms with Crippen LogP contribution in [0.3, 0.4) is 0 Å². The molecule has 0 unspecified atom stereocenters. The van der Waals surface area contributed by atoms with Crippen LogP contribution in [-0.2, 0) is 0 Å². The Morgan fingerprint density at radius 3 is 2.67 bits per heavy atom. The molecule has 1 N–H and O–H groups in total. The Morgan fingerprint density at radius 1 is 1.24 bits per heavy atom. The zero-order valence-electron chi connectivity index (χ0n) is 12.1. The van der Waals surface area contributed by atoms with Gasteiger partial charge in [-0.3, -0.25) is 4.98 Å². The summed E-state index contributed by atoms with van der Waals surface area (Å²) in [6.45, 7) is 7.30. The number of nitrogens with one attached hydrogen (secondary N) is 1. The summed E-state index contributed by atoms with van der Waals surface area (Å²) in [5, 5.41) is 4.56. The predicted molar refractivity (Wildman–Crippen MR) is 88.4 cm³/mol. The van der Waals surface area contributed by atoms with Crippen molar-refractivity contribution in [2.75, 3.05) is 24.5 Å². The zero-order chi connectivity index (χ0) is 15.0. The molecule has 0 radical (unpaired) electrons. The van der Waals surface area contributed by atoms with Crippen LogP contribution in [0.5, 0.6) is 0 Å². The van der Waals surface area contributed by atoms with Crippen molar-refractivity contribution in [2.45, 2.75) is 19.9 Å². The lowest BCUT2D eigenvalue weighted by Crippen LogP contribution is -2.53. The maximum Gasteiger partial charge on any atom is 0.147 e. The minimum atomic E-state index is 0.477. The minimum absolute atomic E-state index is 0.477. The molecule has 0 amide bonds. The van der Waals surface area contributed by atoms with Gasteiger partial charge in [0.25, 0.3) is 0 Å². The van der Waals surface area contributed by atoms with Crippen LogP contribution >= 0.6 is 23.2 Å². The maximum atomic E-state index is 6.07. The molecule has 1 atom stereocenters. The molecular formula is C15H18Cl2N4. The first kappa shape index (κ1) is 14.8. The van der Waals surface area contributed by atoms with Gasteiger partial charge in [-0.15, -0.1) is 0 Å². The number of halogens is 2. The van der Waals surface area contributed by atoms with Gasteiger partial charge in [-0.1, -0.05) is 37.0 Å². The van der Waals surface area contributed by atoms with Crippen LogP contribution in [0.25, 0.3) is 11.0 Å². The van der Waals surface area contributed by atoms with Gasteiger partial charge in [0.05, 0.1) is 27.3 Å². The maximum absolute atomic E-state index is 6.07. The number of hydrogen-bond acceptors (Lipinski definition) is 4. The second-order valence-corrected chi connectivity index (χ2v) is 6.55. The van der Waals surface area contributed by atoms with Gasteiger partial charge in [0, 0.05) is 25.7 Å². The molecule has 2 heterocycles. The Labute approximate surface area is 134 Å². The quantitative estimate of drug-likeness (QED) is 0.919.